The van der Waals surface area contributed by atoms with Gasteiger partial charge in [0.1, 0.15) is 11.4 Å². The van der Waals surface area contributed by atoms with E-state index >= 15 is 0 Å². The molecule has 1 aromatic rings. The van der Waals surface area contributed by atoms with E-state index < -0.39 is 17.5 Å². The summed E-state index contributed by atoms with van der Waals surface area (Å²) in [6, 6.07) is 2.83. The summed E-state index contributed by atoms with van der Waals surface area (Å²) in [4.78, 5) is 11.7. The van der Waals surface area contributed by atoms with Gasteiger partial charge in [-0.2, -0.15) is 0 Å². The number of nitrogen functional groups attached to an aromatic ring is 1. The van der Waals surface area contributed by atoms with Gasteiger partial charge in [-0.15, -0.1) is 0 Å². The molecule has 0 saturated heterocycles. The van der Waals surface area contributed by atoms with Crippen molar-refractivity contribution in [2.45, 2.75) is 45.3 Å². The van der Waals surface area contributed by atoms with Gasteiger partial charge in [0.25, 0.3) is 0 Å². The first-order valence-corrected chi connectivity index (χ1v) is 6.33. The van der Waals surface area contributed by atoms with Crippen LogP contribution in [0.1, 0.15) is 44.4 Å². The number of hydrogen-bond donors (Lipinski definition) is 2. The number of anilines is 1. The van der Waals surface area contributed by atoms with E-state index in [4.69, 9.17) is 10.5 Å². The summed E-state index contributed by atoms with van der Waals surface area (Å²) in [6.45, 7) is 5.40. The molecule has 4 nitrogen and oxygen atoms in total. The number of carbonyl (C=O) groups is 1. The maximum absolute atomic E-state index is 13.5. The number of carbonyl (C=O) groups excluding carboxylic acids is 1. The van der Waals surface area contributed by atoms with Gasteiger partial charge in [-0.05, 0) is 56.9 Å². The van der Waals surface area contributed by atoms with Gasteiger partial charge < -0.3 is 15.8 Å². The van der Waals surface area contributed by atoms with Gasteiger partial charge in [-0.3, -0.25) is 0 Å². The van der Waals surface area contributed by atoms with Gasteiger partial charge in [-0.25, -0.2) is 9.18 Å². The molecule has 0 aromatic heterocycles. The van der Waals surface area contributed by atoms with Crippen molar-refractivity contribution in [3.63, 3.8) is 0 Å². The molecule has 1 aliphatic rings. The maximum atomic E-state index is 13.5. The van der Waals surface area contributed by atoms with Crippen molar-refractivity contribution < 1.29 is 13.9 Å². The third-order valence-corrected chi connectivity index (χ3v) is 3.03. The summed E-state index contributed by atoms with van der Waals surface area (Å²) in [6.07, 6.45) is 1.03. The van der Waals surface area contributed by atoms with Gasteiger partial charge in [0.2, 0.25) is 0 Å². The third-order valence-electron chi connectivity index (χ3n) is 3.03. The van der Waals surface area contributed by atoms with Crippen molar-refractivity contribution in [3.8, 4) is 0 Å². The summed E-state index contributed by atoms with van der Waals surface area (Å²) in [5.41, 5.74) is 6.92. The van der Waals surface area contributed by atoms with Crippen LogP contribution in [0.2, 0.25) is 0 Å². The quantitative estimate of drug-likeness (QED) is 0.768. The Kier molecular flexibility index (Phi) is 3.39. The van der Waals surface area contributed by atoms with Crippen LogP contribution in [0.15, 0.2) is 12.1 Å². The van der Waals surface area contributed by atoms with Gasteiger partial charge in [0, 0.05) is 0 Å². The monoisotopic (exact) mass is 266 g/mol. The normalized spacial score (nSPS) is 18.0. The number of hydrogen-bond acceptors (Lipinski definition) is 3. The first kappa shape index (κ1) is 13.6. The lowest BCUT2D eigenvalue weighted by Crippen LogP contribution is -2.34. The minimum absolute atomic E-state index is 0.150. The average Bonchev–Trinajstić information content (AvgIpc) is 2.59. The Bertz CT molecular complexity index is 509. The van der Waals surface area contributed by atoms with Crippen LogP contribution < -0.4 is 11.1 Å². The Hall–Kier alpha value is -1.78. The van der Waals surface area contributed by atoms with Crippen molar-refractivity contribution in [2.75, 3.05) is 5.73 Å². The van der Waals surface area contributed by atoms with Gasteiger partial charge >= 0.3 is 6.09 Å². The highest BCUT2D eigenvalue weighted by Gasteiger charge is 2.27. The van der Waals surface area contributed by atoms with Crippen LogP contribution in [0, 0.1) is 5.82 Å². The summed E-state index contributed by atoms with van der Waals surface area (Å²) in [5.74, 6) is -0.448. The Morgan fingerprint density at radius 2 is 2.16 bits per heavy atom. The standard InChI is InChI=1S/C14H19FN2O2/c1-14(2,3)19-13(18)17-12-5-4-8-6-11(16)10(15)7-9(8)12/h6-7,12H,4-5,16H2,1-3H3,(H,17,18)/t12-/m0/s1. The van der Waals surface area contributed by atoms with Crippen LogP contribution in [-0.2, 0) is 11.2 Å². The molecule has 0 heterocycles. The predicted octanol–water partition coefficient (Wildman–Crippen LogP) is 2.92. The predicted molar refractivity (Wildman–Crippen MR) is 71.2 cm³/mol. The molecular formula is C14H19FN2O2. The second-order valence-corrected chi connectivity index (χ2v) is 5.81. The number of ether oxygens (including phenoxy) is 1. The summed E-state index contributed by atoms with van der Waals surface area (Å²) >= 11 is 0. The van der Waals surface area contributed by atoms with Gasteiger partial charge in [0.05, 0.1) is 11.7 Å². The van der Waals surface area contributed by atoms with E-state index in [0.29, 0.717) is 0 Å². The first-order chi connectivity index (χ1) is 8.76. The van der Waals surface area contributed by atoms with Crippen LogP contribution in [0.5, 0.6) is 0 Å². The lowest BCUT2D eigenvalue weighted by molar-refractivity contribution is 0.0503. The summed E-state index contributed by atoms with van der Waals surface area (Å²) < 4.78 is 18.7. The number of alkyl carbamates (subject to hydrolysis) is 1. The molecule has 0 fully saturated rings. The number of benzene rings is 1. The molecule has 1 atom stereocenters. The van der Waals surface area contributed by atoms with Crippen LogP contribution >= 0.6 is 0 Å². The maximum Gasteiger partial charge on any atom is 0.408 e. The highest BCUT2D eigenvalue weighted by atomic mass is 19.1. The molecule has 1 aromatic carbocycles. The Morgan fingerprint density at radius 3 is 2.79 bits per heavy atom. The molecule has 1 amide bonds. The largest absolute Gasteiger partial charge is 0.444 e. The third kappa shape index (κ3) is 3.16. The fourth-order valence-corrected chi connectivity index (χ4v) is 2.25. The van der Waals surface area contributed by atoms with Crippen molar-refractivity contribution in [2.24, 2.45) is 0 Å². The van der Waals surface area contributed by atoms with Crippen LogP contribution in [0.4, 0.5) is 14.9 Å². The molecule has 0 radical (unpaired) electrons. The molecule has 0 bridgehead atoms. The zero-order valence-corrected chi connectivity index (χ0v) is 11.4. The second kappa shape index (κ2) is 4.72. The smallest absolute Gasteiger partial charge is 0.408 e. The van der Waals surface area contributed by atoms with Crippen LogP contribution in [0.25, 0.3) is 0 Å². The molecule has 104 valence electrons. The van der Waals surface area contributed by atoms with Crippen molar-refractivity contribution in [3.05, 3.63) is 29.1 Å². The van der Waals surface area contributed by atoms with Gasteiger partial charge in [0.15, 0.2) is 0 Å². The molecule has 2 rings (SSSR count). The number of nitrogens with two attached hydrogens (primary N) is 1. The van der Waals surface area contributed by atoms with E-state index in [1.807, 2.05) is 0 Å². The van der Waals surface area contributed by atoms with Crippen molar-refractivity contribution in [1.82, 2.24) is 5.32 Å². The number of halogens is 1. The Morgan fingerprint density at radius 1 is 1.47 bits per heavy atom. The van der Waals surface area contributed by atoms with Crippen LogP contribution in [-0.4, -0.2) is 11.7 Å². The summed E-state index contributed by atoms with van der Waals surface area (Å²) in [5, 5.41) is 2.77. The van der Waals surface area contributed by atoms with Gasteiger partial charge in [-0.1, -0.05) is 0 Å². The number of amides is 1. The Balaban J connectivity index is 2.11. The zero-order valence-electron chi connectivity index (χ0n) is 11.4. The van der Waals surface area contributed by atoms with E-state index in [1.54, 1.807) is 26.8 Å². The minimum Gasteiger partial charge on any atom is -0.444 e. The van der Waals surface area contributed by atoms with E-state index in [9.17, 15) is 9.18 Å². The molecule has 0 spiro atoms. The van der Waals surface area contributed by atoms with E-state index in [1.165, 1.54) is 6.07 Å². The van der Waals surface area contributed by atoms with Crippen LogP contribution in [0.3, 0.4) is 0 Å². The summed E-state index contributed by atoms with van der Waals surface area (Å²) in [7, 11) is 0. The number of aryl methyl sites for hydroxylation is 1. The number of fused-ring (bicyclic) bond motifs is 1. The van der Waals surface area contributed by atoms with E-state index in [0.717, 1.165) is 24.0 Å². The molecule has 1 aliphatic carbocycles. The van der Waals surface area contributed by atoms with E-state index in [-0.39, 0.29) is 11.7 Å². The highest BCUT2D eigenvalue weighted by molar-refractivity contribution is 5.69. The van der Waals surface area contributed by atoms with Crippen molar-refractivity contribution >= 4 is 11.8 Å². The molecule has 0 aliphatic heterocycles. The lowest BCUT2D eigenvalue weighted by Gasteiger charge is -2.22. The van der Waals surface area contributed by atoms with Crippen molar-refractivity contribution in [1.29, 1.82) is 0 Å². The average molecular weight is 266 g/mol. The lowest BCUT2D eigenvalue weighted by atomic mass is 10.1. The fourth-order valence-electron chi connectivity index (χ4n) is 2.25. The molecule has 3 N–H and O–H groups in total. The molecule has 0 saturated carbocycles. The highest BCUT2D eigenvalue weighted by Crippen LogP contribution is 2.33. The Labute approximate surface area is 112 Å². The number of rotatable bonds is 1. The SMILES string of the molecule is CC(C)(C)OC(=O)N[C@H]1CCc2cc(N)c(F)cc21. The molecule has 19 heavy (non-hydrogen) atoms. The molecule has 5 heteroatoms. The molecule has 0 unspecified atom stereocenters. The van der Waals surface area contributed by atoms with E-state index in [2.05, 4.69) is 5.32 Å². The topological polar surface area (TPSA) is 64.3 Å². The minimum atomic E-state index is -0.544. The zero-order chi connectivity index (χ0) is 14.2. The second-order valence-electron chi connectivity index (χ2n) is 5.81. The first-order valence-electron chi connectivity index (χ1n) is 6.33. The fraction of sp³-hybridized carbons (Fsp3) is 0.500. The number of nitrogens with one attached hydrogen (secondary N) is 1. The molecular weight excluding hydrogens is 247 g/mol.